The Hall–Kier alpha value is -5.80. The van der Waals surface area contributed by atoms with Crippen molar-refractivity contribution in [1.82, 2.24) is 42.5 Å². The number of amides is 9. The highest BCUT2D eigenvalue weighted by Gasteiger charge is 2.36. The average Bonchev–Trinajstić information content (AvgIpc) is 3.26. The molecule has 1 aromatic carbocycles. The number of hydrogen-bond acceptors (Lipinski definition) is 15. The van der Waals surface area contributed by atoms with Crippen LogP contribution in [0, 0.1) is 0 Å². The lowest BCUT2D eigenvalue weighted by Crippen LogP contribution is -2.59. The molecular formula is C44H71N13O11S3. The number of hydrogen-bond donors (Lipinski definition) is 13. The predicted molar refractivity (Wildman–Crippen MR) is 273 cm³/mol. The molecule has 1 aliphatic rings. The van der Waals surface area contributed by atoms with Crippen molar-refractivity contribution in [2.45, 2.75) is 137 Å². The summed E-state index contributed by atoms with van der Waals surface area (Å²) in [6.07, 6.45) is -0.0761. The zero-order valence-electron chi connectivity index (χ0n) is 40.9. The lowest BCUT2D eigenvalue weighted by atomic mass is 10.1. The summed E-state index contributed by atoms with van der Waals surface area (Å²) in [5.41, 5.74) is 22.9. The number of unbranched alkanes of at least 4 members (excludes halogenated alkanes) is 1. The standard InChI is InChI=1S/C44H71N13O11S3/c1-43(2,3)70-22-29-38(67)53-25(16-12-18-49-42(47)48)34(63)50-21-30(58)52-28(20-32(60)61)37(66)57-41(71-44(4,5)6)39(68)54-27(19-24-13-8-7-9-14-24)36(65)56-40(33(46)62)69-23-31(59)51-26(35(64)55-29)15-10-11-17-45/h7-9,13-14,25-29,40-41H,10-12,15-23,45H2,1-6H3,(H2,46,62)(H,50,63)(H,51,59)(H,52,58)(H,53,67)(H,54,68)(H,55,64)(H,56,65)(H,57,66)(H,60,61)(H4,47,48,49)/t25-,26-,27-,28-,29?,40-,41?/m0/s1. The number of primary amides is 1. The molecule has 2 rings (SSSR count). The number of nitrogens with zero attached hydrogens (tertiary/aromatic N) is 1. The number of aliphatic imine (C=N–C) groups is 1. The maximum Gasteiger partial charge on any atom is 0.305 e. The molecule has 1 fully saturated rings. The Labute approximate surface area is 426 Å². The summed E-state index contributed by atoms with van der Waals surface area (Å²) in [6.45, 7) is 10.3. The summed E-state index contributed by atoms with van der Waals surface area (Å²) in [6, 6.07) is 1.38. The third kappa shape index (κ3) is 25.2. The monoisotopic (exact) mass is 1050 g/mol. The molecule has 9 amide bonds. The van der Waals surface area contributed by atoms with E-state index in [0.717, 1.165) is 11.8 Å². The molecule has 0 aliphatic carbocycles. The summed E-state index contributed by atoms with van der Waals surface area (Å²) in [5.74, 6) is -10.4. The summed E-state index contributed by atoms with van der Waals surface area (Å²) in [7, 11) is 0. The minimum Gasteiger partial charge on any atom is -0.481 e. The van der Waals surface area contributed by atoms with Crippen LogP contribution < -0.4 is 65.5 Å². The summed E-state index contributed by atoms with van der Waals surface area (Å²) in [5, 5.41) is 26.9. The topological polar surface area (TPSA) is 404 Å². The van der Waals surface area contributed by atoms with E-state index in [-0.39, 0.29) is 50.5 Å². The number of benzene rings is 1. The zero-order chi connectivity index (χ0) is 53.5. The molecule has 0 radical (unpaired) electrons. The van der Waals surface area contributed by atoms with Crippen LogP contribution in [0.25, 0.3) is 0 Å². The van der Waals surface area contributed by atoms with Crippen LogP contribution in [0.4, 0.5) is 0 Å². The Morgan fingerprint density at radius 1 is 0.676 bits per heavy atom. The molecule has 2 unspecified atom stereocenters. The third-order valence-electron chi connectivity index (χ3n) is 9.76. The van der Waals surface area contributed by atoms with Crippen LogP contribution >= 0.6 is 35.3 Å². The molecule has 1 aliphatic heterocycles. The van der Waals surface area contributed by atoms with E-state index < -0.39 is 128 Å². The van der Waals surface area contributed by atoms with E-state index in [1.807, 2.05) is 20.8 Å². The van der Waals surface area contributed by atoms with Crippen LogP contribution in [-0.4, -0.2) is 152 Å². The van der Waals surface area contributed by atoms with Crippen molar-refractivity contribution in [2.24, 2.45) is 27.9 Å². The largest absolute Gasteiger partial charge is 0.481 e. The first kappa shape index (κ1) is 61.3. The van der Waals surface area contributed by atoms with Crippen molar-refractivity contribution in [1.29, 1.82) is 0 Å². The lowest BCUT2D eigenvalue weighted by molar-refractivity contribution is -0.141. The molecule has 0 saturated carbocycles. The van der Waals surface area contributed by atoms with E-state index in [1.165, 1.54) is 11.8 Å². The van der Waals surface area contributed by atoms with E-state index in [0.29, 0.717) is 30.2 Å². The second-order valence-electron chi connectivity index (χ2n) is 18.3. The highest BCUT2D eigenvalue weighted by atomic mass is 32.2. The van der Waals surface area contributed by atoms with Crippen LogP contribution in [-0.2, 0) is 54.4 Å². The number of carboxylic acid groups (broad SMARTS) is 1. The number of carbonyl (C=O) groups is 10. The second-order valence-corrected chi connectivity index (χ2v) is 23.2. The normalized spacial score (nSPS) is 23.3. The van der Waals surface area contributed by atoms with Crippen molar-refractivity contribution in [3.8, 4) is 0 Å². The van der Waals surface area contributed by atoms with Crippen molar-refractivity contribution < 1.29 is 53.1 Å². The van der Waals surface area contributed by atoms with Crippen LogP contribution in [0.2, 0.25) is 0 Å². The number of carbonyl (C=O) groups excluding carboxylic acids is 9. The van der Waals surface area contributed by atoms with E-state index >= 15 is 0 Å². The zero-order valence-corrected chi connectivity index (χ0v) is 43.4. The maximum atomic E-state index is 14.1. The van der Waals surface area contributed by atoms with Gasteiger partial charge in [-0.3, -0.25) is 52.9 Å². The van der Waals surface area contributed by atoms with Crippen molar-refractivity contribution >= 4 is 100 Å². The highest BCUT2D eigenvalue weighted by molar-refractivity contribution is 8.02. The summed E-state index contributed by atoms with van der Waals surface area (Å²) >= 11 is 2.87. The van der Waals surface area contributed by atoms with Crippen molar-refractivity contribution in [2.75, 3.05) is 31.1 Å². The molecule has 1 heterocycles. The molecule has 1 saturated heterocycles. The number of guanidine groups is 1. The fourth-order valence-electron chi connectivity index (χ4n) is 6.37. The summed E-state index contributed by atoms with van der Waals surface area (Å²) < 4.78 is -1.17. The SMILES string of the molecule is CC(C)(C)SCC1NC(=O)[C@H](CCCCN)NC(=O)CS[C@@H](C(N)=O)NC(=O)[C@H](Cc2ccccc2)NC(=O)C(SC(C)(C)C)NC(=O)[C@H](CC(=O)O)NC(=O)CNC(=O)[C@H](CCCN=C(N)N)NC1=O. The van der Waals surface area contributed by atoms with Gasteiger partial charge in [0, 0.05) is 28.2 Å². The number of nitrogens with two attached hydrogens (primary N) is 4. The molecule has 17 N–H and O–H groups in total. The van der Waals surface area contributed by atoms with Gasteiger partial charge in [-0.05, 0) is 44.2 Å². The van der Waals surface area contributed by atoms with Gasteiger partial charge in [-0.2, -0.15) is 11.8 Å². The van der Waals surface area contributed by atoms with Gasteiger partial charge in [0.1, 0.15) is 30.2 Å². The van der Waals surface area contributed by atoms with Crippen LogP contribution in [0.5, 0.6) is 0 Å². The van der Waals surface area contributed by atoms with E-state index in [1.54, 1.807) is 51.1 Å². The second kappa shape index (κ2) is 30.2. The van der Waals surface area contributed by atoms with Gasteiger partial charge in [-0.1, -0.05) is 71.9 Å². The van der Waals surface area contributed by atoms with Gasteiger partial charge in [0.05, 0.1) is 18.7 Å². The number of aliphatic carboxylic acids is 1. The van der Waals surface area contributed by atoms with Crippen LogP contribution in [0.15, 0.2) is 35.3 Å². The highest BCUT2D eigenvalue weighted by Crippen LogP contribution is 2.28. The first-order chi connectivity index (χ1) is 33.2. The van der Waals surface area contributed by atoms with Gasteiger partial charge in [0.15, 0.2) is 16.7 Å². The van der Waals surface area contributed by atoms with E-state index in [2.05, 4.69) is 47.5 Å². The lowest BCUT2D eigenvalue weighted by Gasteiger charge is -2.29. The minimum absolute atomic E-state index is 0.000998. The van der Waals surface area contributed by atoms with Gasteiger partial charge in [-0.25, -0.2) is 0 Å². The third-order valence-corrected chi connectivity index (χ3v) is 13.5. The first-order valence-corrected chi connectivity index (χ1v) is 25.7. The fraction of sp³-hybridized carbons (Fsp3) is 0.614. The smallest absolute Gasteiger partial charge is 0.305 e. The molecular weight excluding hydrogens is 983 g/mol. The van der Waals surface area contributed by atoms with Crippen molar-refractivity contribution in [3.63, 3.8) is 0 Å². The quantitative estimate of drug-likeness (QED) is 0.0467. The Morgan fingerprint density at radius 3 is 1.83 bits per heavy atom. The average molecular weight is 1050 g/mol. The molecule has 27 heteroatoms. The van der Waals surface area contributed by atoms with Crippen LogP contribution in [0.1, 0.15) is 85.6 Å². The van der Waals surface area contributed by atoms with E-state index in [9.17, 15) is 53.1 Å². The van der Waals surface area contributed by atoms with Gasteiger partial charge in [-0.15, -0.1) is 23.5 Å². The fourth-order valence-corrected chi connectivity index (χ4v) is 9.10. The molecule has 396 valence electrons. The Kier molecular flexibility index (Phi) is 26.1. The van der Waals surface area contributed by atoms with Crippen molar-refractivity contribution in [3.05, 3.63) is 35.9 Å². The van der Waals surface area contributed by atoms with Gasteiger partial charge >= 0.3 is 5.97 Å². The Bertz CT molecular complexity index is 2050. The molecule has 0 aromatic heterocycles. The predicted octanol–water partition coefficient (Wildman–Crippen LogP) is -2.39. The van der Waals surface area contributed by atoms with E-state index in [4.69, 9.17) is 22.9 Å². The molecule has 0 spiro atoms. The number of carboxylic acids is 1. The summed E-state index contributed by atoms with van der Waals surface area (Å²) in [4.78, 5) is 140. The van der Waals surface area contributed by atoms with Gasteiger partial charge in [0.2, 0.25) is 41.4 Å². The van der Waals surface area contributed by atoms with Gasteiger partial charge in [0.25, 0.3) is 11.8 Å². The molecule has 24 nitrogen and oxygen atoms in total. The first-order valence-electron chi connectivity index (χ1n) is 22.8. The molecule has 7 atom stereocenters. The Morgan fingerprint density at radius 2 is 1.24 bits per heavy atom. The molecule has 0 bridgehead atoms. The maximum absolute atomic E-state index is 14.1. The number of thioether (sulfide) groups is 3. The van der Waals surface area contributed by atoms with Crippen LogP contribution in [0.3, 0.4) is 0 Å². The van der Waals surface area contributed by atoms with Gasteiger partial charge < -0.3 is 70.6 Å². The Balaban J connectivity index is 2.73. The molecule has 1 aromatic rings. The molecule has 71 heavy (non-hydrogen) atoms. The number of rotatable bonds is 16. The minimum atomic E-state index is -1.79. The number of nitrogens with one attached hydrogen (secondary N) is 8.